The van der Waals surface area contributed by atoms with Crippen molar-refractivity contribution < 1.29 is 0 Å². The van der Waals surface area contributed by atoms with Crippen molar-refractivity contribution in [1.29, 1.82) is 0 Å². The largest absolute Gasteiger partial charge is 0.317 e. The highest BCUT2D eigenvalue weighted by Crippen LogP contribution is 2.51. The number of nitrogens with zero attached hydrogens (tertiary/aromatic N) is 1. The maximum Gasteiger partial charge on any atom is 0.0409 e. The van der Waals surface area contributed by atoms with Gasteiger partial charge in [0.2, 0.25) is 0 Å². The van der Waals surface area contributed by atoms with E-state index in [9.17, 15) is 0 Å². The van der Waals surface area contributed by atoms with E-state index in [1.54, 1.807) is 0 Å². The molecular formula is C15H22Cl2N2. The molecule has 1 heterocycles. The van der Waals surface area contributed by atoms with Crippen LogP contribution >= 0.6 is 24.0 Å². The van der Waals surface area contributed by atoms with Gasteiger partial charge in [0.25, 0.3) is 0 Å². The Kier molecular flexibility index (Phi) is 4.46. The van der Waals surface area contributed by atoms with Crippen molar-refractivity contribution in [2.24, 2.45) is 0 Å². The van der Waals surface area contributed by atoms with E-state index in [4.69, 9.17) is 11.6 Å². The van der Waals surface area contributed by atoms with Crippen molar-refractivity contribution in [3.05, 3.63) is 34.3 Å². The molecule has 2 nitrogen and oxygen atoms in total. The van der Waals surface area contributed by atoms with E-state index >= 15 is 0 Å². The molecule has 0 aromatic heterocycles. The molecule has 1 spiro atoms. The second-order valence-electron chi connectivity index (χ2n) is 5.95. The van der Waals surface area contributed by atoms with Gasteiger partial charge in [0, 0.05) is 11.1 Å². The normalized spacial score (nSPS) is 24.3. The molecule has 1 aromatic rings. The van der Waals surface area contributed by atoms with Gasteiger partial charge in [0.05, 0.1) is 0 Å². The third kappa shape index (κ3) is 2.52. The zero-order valence-electron chi connectivity index (χ0n) is 11.6. The monoisotopic (exact) mass is 300 g/mol. The number of nitrogens with one attached hydrogen (secondary N) is 1. The van der Waals surface area contributed by atoms with E-state index in [1.807, 2.05) is 6.07 Å². The van der Waals surface area contributed by atoms with Crippen LogP contribution in [-0.4, -0.2) is 32.1 Å². The fraction of sp³-hybridized carbons (Fsp3) is 0.600. The quantitative estimate of drug-likeness (QED) is 0.855. The van der Waals surface area contributed by atoms with Gasteiger partial charge in [0.15, 0.2) is 0 Å². The smallest absolute Gasteiger partial charge is 0.0409 e. The summed E-state index contributed by atoms with van der Waals surface area (Å²) in [5.41, 5.74) is 3.36. The van der Waals surface area contributed by atoms with E-state index in [-0.39, 0.29) is 12.4 Å². The zero-order valence-corrected chi connectivity index (χ0v) is 13.2. The van der Waals surface area contributed by atoms with E-state index in [2.05, 4.69) is 36.4 Å². The average molecular weight is 301 g/mol. The Morgan fingerprint density at radius 2 is 1.95 bits per heavy atom. The third-order valence-electron chi connectivity index (χ3n) is 4.71. The van der Waals surface area contributed by atoms with Crippen molar-refractivity contribution in [3.8, 4) is 0 Å². The number of benzene rings is 1. The van der Waals surface area contributed by atoms with Gasteiger partial charge in [-0.05, 0) is 75.1 Å². The zero-order chi connectivity index (χ0) is 12.8. The lowest BCUT2D eigenvalue weighted by Crippen LogP contribution is -2.38. The maximum absolute atomic E-state index is 6.22. The number of halogens is 2. The molecule has 1 N–H and O–H groups in total. The maximum atomic E-state index is 6.22. The molecule has 1 aliphatic heterocycles. The molecule has 1 aromatic carbocycles. The van der Waals surface area contributed by atoms with Crippen LogP contribution < -0.4 is 5.32 Å². The van der Waals surface area contributed by atoms with E-state index in [0.29, 0.717) is 11.5 Å². The van der Waals surface area contributed by atoms with Crippen LogP contribution in [0, 0.1) is 0 Å². The van der Waals surface area contributed by atoms with Crippen LogP contribution in [0.5, 0.6) is 0 Å². The SMILES string of the molecule is CN(C)C1CC2(CCNCC2)c2cc(Cl)ccc21.Cl. The van der Waals surface area contributed by atoms with Gasteiger partial charge in [0.1, 0.15) is 0 Å². The van der Waals surface area contributed by atoms with Gasteiger partial charge in [-0.3, -0.25) is 0 Å². The molecule has 1 saturated heterocycles. The van der Waals surface area contributed by atoms with Crippen LogP contribution in [0.2, 0.25) is 5.02 Å². The van der Waals surface area contributed by atoms with Crippen LogP contribution in [0.3, 0.4) is 0 Å². The summed E-state index contributed by atoms with van der Waals surface area (Å²) in [5.74, 6) is 0. The Bertz CT molecular complexity index is 453. The molecule has 2 aliphatic rings. The summed E-state index contributed by atoms with van der Waals surface area (Å²) < 4.78 is 0. The topological polar surface area (TPSA) is 15.3 Å². The van der Waals surface area contributed by atoms with Crippen molar-refractivity contribution in [1.82, 2.24) is 10.2 Å². The summed E-state index contributed by atoms with van der Waals surface area (Å²) in [5, 5.41) is 4.36. The molecule has 1 aliphatic carbocycles. The molecule has 0 amide bonds. The summed E-state index contributed by atoms with van der Waals surface area (Å²) in [4.78, 5) is 2.35. The van der Waals surface area contributed by atoms with Gasteiger partial charge >= 0.3 is 0 Å². The number of hydrogen-bond donors (Lipinski definition) is 1. The minimum Gasteiger partial charge on any atom is -0.317 e. The minimum absolute atomic E-state index is 0. The van der Waals surface area contributed by atoms with Crippen LogP contribution in [0.25, 0.3) is 0 Å². The van der Waals surface area contributed by atoms with E-state index in [1.165, 1.54) is 30.4 Å². The summed E-state index contributed by atoms with van der Waals surface area (Å²) in [6.07, 6.45) is 3.73. The lowest BCUT2D eigenvalue weighted by atomic mass is 9.74. The number of hydrogen-bond acceptors (Lipinski definition) is 2. The molecule has 0 radical (unpaired) electrons. The Morgan fingerprint density at radius 1 is 1.26 bits per heavy atom. The lowest BCUT2D eigenvalue weighted by Gasteiger charge is -2.35. The molecule has 1 atom stereocenters. The van der Waals surface area contributed by atoms with Crippen molar-refractivity contribution in [2.45, 2.75) is 30.7 Å². The van der Waals surface area contributed by atoms with Crippen LogP contribution in [0.4, 0.5) is 0 Å². The van der Waals surface area contributed by atoms with Gasteiger partial charge in [-0.1, -0.05) is 17.7 Å². The summed E-state index contributed by atoms with van der Waals surface area (Å²) >= 11 is 6.22. The lowest BCUT2D eigenvalue weighted by molar-refractivity contribution is 0.223. The molecule has 1 unspecified atom stereocenters. The molecule has 0 bridgehead atoms. The summed E-state index contributed by atoms with van der Waals surface area (Å²) in [6.45, 7) is 2.26. The third-order valence-corrected chi connectivity index (χ3v) is 4.95. The average Bonchev–Trinajstić information content (AvgIpc) is 2.65. The predicted octanol–water partition coefficient (Wildman–Crippen LogP) is 3.39. The standard InChI is InChI=1S/C15H21ClN2.ClH/c1-18(2)14-10-15(5-7-17-8-6-15)13-9-11(16)3-4-12(13)14;/h3-4,9,14,17H,5-8,10H2,1-2H3;1H. The fourth-order valence-electron chi connectivity index (χ4n) is 3.71. The van der Waals surface area contributed by atoms with Gasteiger partial charge in [-0.15, -0.1) is 12.4 Å². The van der Waals surface area contributed by atoms with E-state index in [0.717, 1.165) is 18.1 Å². The number of rotatable bonds is 1. The van der Waals surface area contributed by atoms with Gasteiger partial charge in [-0.25, -0.2) is 0 Å². The van der Waals surface area contributed by atoms with E-state index < -0.39 is 0 Å². The highest BCUT2D eigenvalue weighted by molar-refractivity contribution is 6.30. The molecule has 19 heavy (non-hydrogen) atoms. The first-order chi connectivity index (χ1) is 8.62. The van der Waals surface area contributed by atoms with Gasteiger partial charge in [-0.2, -0.15) is 0 Å². The highest BCUT2D eigenvalue weighted by Gasteiger charge is 2.44. The molecule has 3 rings (SSSR count). The van der Waals surface area contributed by atoms with Crippen LogP contribution in [0.1, 0.15) is 36.4 Å². The molecule has 106 valence electrons. The minimum atomic E-state index is 0. The molecule has 1 fully saturated rings. The highest BCUT2D eigenvalue weighted by atomic mass is 35.5. The second-order valence-corrected chi connectivity index (χ2v) is 6.38. The Morgan fingerprint density at radius 3 is 2.58 bits per heavy atom. The van der Waals surface area contributed by atoms with Gasteiger partial charge < -0.3 is 10.2 Å². The Labute approximate surface area is 126 Å². The van der Waals surface area contributed by atoms with Crippen LogP contribution in [-0.2, 0) is 5.41 Å². The molecule has 4 heteroatoms. The number of piperidine rings is 1. The Hall–Kier alpha value is -0.280. The van der Waals surface area contributed by atoms with Crippen molar-refractivity contribution in [2.75, 3.05) is 27.2 Å². The fourth-order valence-corrected chi connectivity index (χ4v) is 3.88. The predicted molar refractivity (Wildman–Crippen MR) is 83.5 cm³/mol. The summed E-state index contributed by atoms with van der Waals surface area (Å²) in [6, 6.07) is 7.04. The van der Waals surface area contributed by atoms with Crippen LogP contribution in [0.15, 0.2) is 18.2 Å². The van der Waals surface area contributed by atoms with Crippen molar-refractivity contribution in [3.63, 3.8) is 0 Å². The first-order valence-corrected chi connectivity index (χ1v) is 7.17. The molecular weight excluding hydrogens is 279 g/mol. The number of fused-ring (bicyclic) bond motifs is 2. The first-order valence-electron chi connectivity index (χ1n) is 6.79. The second kappa shape index (κ2) is 5.61. The summed E-state index contributed by atoms with van der Waals surface area (Å²) in [7, 11) is 4.37. The van der Waals surface area contributed by atoms with Crippen molar-refractivity contribution >= 4 is 24.0 Å². The Balaban J connectivity index is 0.00000133. The first kappa shape index (κ1) is 15.1. The molecule has 0 saturated carbocycles.